The van der Waals surface area contributed by atoms with Gasteiger partial charge in [-0.25, -0.2) is 4.57 Å². The molecule has 55 heavy (non-hydrogen) atoms. The zero-order chi connectivity index (χ0) is 39.7. The summed E-state index contributed by atoms with van der Waals surface area (Å²) in [4.78, 5) is 62.7. The molecule has 13 heteroatoms. The van der Waals surface area contributed by atoms with E-state index in [1.54, 1.807) is 12.2 Å². The first-order chi connectivity index (χ1) is 25.6. The lowest BCUT2D eigenvalue weighted by Crippen LogP contribution is -2.62. The molecule has 0 amide bonds. The van der Waals surface area contributed by atoms with E-state index in [1.165, 1.54) is 0 Å². The summed E-state index contributed by atoms with van der Waals surface area (Å²) in [6, 6.07) is 0. The van der Waals surface area contributed by atoms with Crippen molar-refractivity contribution in [3.8, 4) is 0 Å². The van der Waals surface area contributed by atoms with E-state index in [1.807, 2.05) is 13.8 Å². The highest BCUT2D eigenvalue weighted by Gasteiger charge is 2.70. The molecule has 0 saturated heterocycles. The van der Waals surface area contributed by atoms with Crippen molar-refractivity contribution < 1.29 is 58.1 Å². The number of aliphatic hydroxyl groups is 4. The quantitative estimate of drug-likeness (QED) is 0.212. The van der Waals surface area contributed by atoms with Crippen molar-refractivity contribution in [2.24, 2.45) is 57.2 Å². The zero-order valence-corrected chi connectivity index (χ0v) is 33.5. The maximum atomic E-state index is 13.8. The van der Waals surface area contributed by atoms with Crippen LogP contribution in [-0.4, -0.2) is 85.1 Å². The van der Waals surface area contributed by atoms with Gasteiger partial charge in [-0.05, 0) is 136 Å². The van der Waals surface area contributed by atoms with E-state index in [2.05, 4.69) is 13.8 Å². The second-order valence-corrected chi connectivity index (χ2v) is 21.3. The highest BCUT2D eigenvalue weighted by Crippen LogP contribution is 2.69. The fourth-order valence-electron chi connectivity index (χ4n) is 14.9. The predicted molar refractivity (Wildman–Crippen MR) is 198 cm³/mol. The molecule has 0 bridgehead atoms. The van der Waals surface area contributed by atoms with Gasteiger partial charge in [0, 0.05) is 23.7 Å². The van der Waals surface area contributed by atoms with E-state index < -0.39 is 66.8 Å². The number of phosphoric acid groups is 1. The van der Waals surface area contributed by atoms with Crippen LogP contribution in [0.1, 0.15) is 118 Å². The molecule has 8 aliphatic rings. The molecule has 5 N–H and O–H groups in total. The topological polar surface area (TPSA) is 205 Å². The van der Waals surface area contributed by atoms with Gasteiger partial charge in [-0.3, -0.25) is 28.2 Å². The molecule has 0 spiro atoms. The number of allylic oxidation sites excluding steroid dienone is 2. The second-order valence-electron chi connectivity index (χ2n) is 19.8. The Bertz CT molecular complexity index is 1680. The fourth-order valence-corrected chi connectivity index (χ4v) is 15.5. The number of rotatable bonds is 8. The van der Waals surface area contributed by atoms with Crippen molar-refractivity contribution in [2.75, 3.05) is 13.2 Å². The van der Waals surface area contributed by atoms with Crippen LogP contribution < -0.4 is 0 Å². The molecule has 8 aliphatic carbocycles. The molecule has 6 fully saturated rings. The highest BCUT2D eigenvalue weighted by molar-refractivity contribution is 7.47. The molecule has 0 aromatic heterocycles. The summed E-state index contributed by atoms with van der Waals surface area (Å²) in [5.41, 5.74) is -4.40. The molecule has 6 saturated carbocycles. The van der Waals surface area contributed by atoms with Crippen LogP contribution in [0.5, 0.6) is 0 Å². The first kappa shape index (κ1) is 39.9. The molecule has 12 nitrogen and oxygen atoms in total. The molecule has 8 rings (SSSR count). The fraction of sp³-hybridized carbons (Fsp3) is 0.810. The smallest absolute Gasteiger partial charge is 0.393 e. The Labute approximate surface area is 323 Å². The van der Waals surface area contributed by atoms with E-state index in [0.29, 0.717) is 38.5 Å². The van der Waals surface area contributed by atoms with Gasteiger partial charge in [0.05, 0.1) is 12.2 Å². The van der Waals surface area contributed by atoms with Gasteiger partial charge in [-0.1, -0.05) is 38.8 Å². The van der Waals surface area contributed by atoms with E-state index in [9.17, 15) is 49.1 Å². The molecular formula is C42H59O12P. The van der Waals surface area contributed by atoms with Crippen LogP contribution in [0.4, 0.5) is 0 Å². The predicted octanol–water partition coefficient (Wildman–Crippen LogP) is 4.73. The summed E-state index contributed by atoms with van der Waals surface area (Å²) in [5, 5.41) is 47.4. The van der Waals surface area contributed by atoms with Gasteiger partial charge in [-0.15, -0.1) is 0 Å². The number of hydrogen-bond donors (Lipinski definition) is 5. The Morgan fingerprint density at radius 1 is 0.673 bits per heavy atom. The Morgan fingerprint density at radius 2 is 1.05 bits per heavy atom. The van der Waals surface area contributed by atoms with Crippen molar-refractivity contribution in [2.45, 2.75) is 141 Å². The summed E-state index contributed by atoms with van der Waals surface area (Å²) in [5.74, 6) is -1.72. The van der Waals surface area contributed by atoms with Crippen LogP contribution in [0.25, 0.3) is 0 Å². The molecule has 14 atom stereocenters. The lowest BCUT2D eigenvalue weighted by atomic mass is 9.45. The van der Waals surface area contributed by atoms with Gasteiger partial charge in [0.25, 0.3) is 0 Å². The average Bonchev–Trinajstić information content (AvgIpc) is 3.55. The van der Waals surface area contributed by atoms with Crippen LogP contribution in [0.15, 0.2) is 23.3 Å². The van der Waals surface area contributed by atoms with Crippen LogP contribution in [0.3, 0.4) is 0 Å². The molecule has 0 aromatic rings. The standard InChI is InChI=1S/C42H59O12P/c1-37-13-9-25(43)17-23(37)5-7-27-29-11-15-41(49,39(29,3)19-31(45)35(27)37)33(47)21-53-55(51,52)54-22-34(48)42(50)16-12-30-28-8-6-24-18-26(44)10-14-38(24,2)36(28)32(46)20-40(30,42)4/h17-18,27-32,35-36,45-46,49-50H,5-16,19-22H2,1-4H3,(H,51,52)/t27-,28-,29-,30-,31-,32-,35+,36+,37-,38-,39-,40-,41-,42-/m0/s1. The number of carbonyl (C=O) groups is 4. The van der Waals surface area contributed by atoms with Crippen molar-refractivity contribution in [1.29, 1.82) is 0 Å². The molecule has 304 valence electrons. The molecule has 0 heterocycles. The summed E-state index contributed by atoms with van der Waals surface area (Å²) in [7, 11) is -5.02. The summed E-state index contributed by atoms with van der Waals surface area (Å²) >= 11 is 0. The Morgan fingerprint density at radius 3 is 1.44 bits per heavy atom. The minimum atomic E-state index is -5.02. The summed E-state index contributed by atoms with van der Waals surface area (Å²) in [6.07, 6.45) is 8.54. The first-order valence-electron chi connectivity index (χ1n) is 20.6. The number of aliphatic hydroxyl groups excluding tert-OH is 2. The van der Waals surface area contributed by atoms with Crippen LogP contribution in [-0.2, 0) is 32.8 Å². The van der Waals surface area contributed by atoms with Crippen LogP contribution >= 0.6 is 7.82 Å². The molecule has 0 radical (unpaired) electrons. The van der Waals surface area contributed by atoms with Crippen molar-refractivity contribution in [3.05, 3.63) is 23.3 Å². The number of phosphoric ester groups is 1. The second kappa shape index (κ2) is 13.1. The average molecular weight is 787 g/mol. The number of fused-ring (bicyclic) bond motifs is 10. The van der Waals surface area contributed by atoms with E-state index in [0.717, 1.165) is 36.8 Å². The van der Waals surface area contributed by atoms with Gasteiger partial charge in [0.1, 0.15) is 24.4 Å². The largest absolute Gasteiger partial charge is 0.473 e. The third-order valence-electron chi connectivity index (χ3n) is 17.7. The zero-order valence-electron chi connectivity index (χ0n) is 32.6. The van der Waals surface area contributed by atoms with Crippen molar-refractivity contribution in [1.82, 2.24) is 0 Å². The van der Waals surface area contributed by atoms with Gasteiger partial charge in [-0.2, -0.15) is 0 Å². The van der Waals surface area contributed by atoms with E-state index in [4.69, 9.17) is 9.05 Å². The Hall–Kier alpha value is -1.89. The monoisotopic (exact) mass is 786 g/mol. The van der Waals surface area contributed by atoms with Gasteiger partial charge >= 0.3 is 7.82 Å². The maximum absolute atomic E-state index is 13.8. The normalized spacial score (nSPS) is 49.9. The third kappa shape index (κ3) is 5.66. The first-order valence-corrected chi connectivity index (χ1v) is 22.1. The van der Waals surface area contributed by atoms with Crippen molar-refractivity contribution >= 4 is 31.0 Å². The molecule has 0 aliphatic heterocycles. The SMILES string of the molecule is C[C@]12CCC(=O)C=C1CC[C@@H]1[C@@H]2[C@@H](O)C[C@@]2(C)[C@H]1CC[C@]2(O)C(=O)COP(=O)(O)OCC(=O)[C@@]1(O)CC[C@H]2[C@@H]3CCC4=CC(=O)CC[C@]4(C)[C@H]3[C@@H](O)C[C@@]21C. The molecular weight excluding hydrogens is 727 g/mol. The molecule has 0 aromatic carbocycles. The Kier molecular flexibility index (Phi) is 9.47. The minimum absolute atomic E-state index is 0.0255. The number of Topliss-reactive ketones (excluding diaryl/α,β-unsaturated/α-hetero) is 2. The van der Waals surface area contributed by atoms with Gasteiger partial charge in [0.15, 0.2) is 23.1 Å². The Balaban J connectivity index is 0.911. The third-order valence-corrected chi connectivity index (χ3v) is 18.6. The lowest BCUT2D eigenvalue weighted by molar-refractivity contribution is -0.182. The number of hydrogen-bond acceptors (Lipinski definition) is 11. The minimum Gasteiger partial charge on any atom is -0.393 e. The van der Waals surface area contributed by atoms with Crippen LogP contribution in [0, 0.1) is 57.2 Å². The van der Waals surface area contributed by atoms with E-state index >= 15 is 0 Å². The highest BCUT2D eigenvalue weighted by atomic mass is 31.2. The van der Waals surface area contributed by atoms with Crippen LogP contribution in [0.2, 0.25) is 0 Å². The lowest BCUT2D eigenvalue weighted by Gasteiger charge is -2.60. The van der Waals surface area contributed by atoms with Gasteiger partial charge < -0.3 is 25.3 Å². The summed E-state index contributed by atoms with van der Waals surface area (Å²) < 4.78 is 23.4. The maximum Gasteiger partial charge on any atom is 0.473 e. The summed E-state index contributed by atoms with van der Waals surface area (Å²) in [6.45, 7) is 5.98. The number of carbonyl (C=O) groups excluding carboxylic acids is 4. The van der Waals surface area contributed by atoms with E-state index in [-0.39, 0.29) is 83.6 Å². The number of ketones is 4. The van der Waals surface area contributed by atoms with Crippen molar-refractivity contribution in [3.63, 3.8) is 0 Å². The molecule has 0 unspecified atom stereocenters. The van der Waals surface area contributed by atoms with Gasteiger partial charge in [0.2, 0.25) is 0 Å².